The third-order valence-corrected chi connectivity index (χ3v) is 3.44. The van der Waals surface area contributed by atoms with Crippen LogP contribution >= 0.6 is 11.3 Å². The first-order valence-electron chi connectivity index (χ1n) is 5.91. The highest BCUT2D eigenvalue weighted by atomic mass is 32.1. The Kier molecular flexibility index (Phi) is 4.74. The molecule has 3 N–H and O–H groups in total. The van der Waals surface area contributed by atoms with E-state index in [2.05, 4.69) is 43.4 Å². The Morgan fingerprint density at radius 1 is 1.56 bits per heavy atom. The minimum Gasteiger partial charge on any atom is -0.355 e. The molecule has 4 heteroatoms. The van der Waals surface area contributed by atoms with Crippen LogP contribution in [0.2, 0.25) is 0 Å². The number of anilines is 1. The summed E-state index contributed by atoms with van der Waals surface area (Å²) < 4.78 is 0. The van der Waals surface area contributed by atoms with E-state index in [4.69, 9.17) is 5.73 Å². The number of aryl methyl sites for hydroxylation is 1. The topological polar surface area (TPSA) is 50.9 Å². The third kappa shape index (κ3) is 3.76. The van der Waals surface area contributed by atoms with E-state index in [1.807, 2.05) is 0 Å². The Morgan fingerprint density at radius 3 is 2.69 bits per heavy atom. The number of nitrogens with zero attached hydrogens (tertiary/aromatic N) is 1. The summed E-state index contributed by atoms with van der Waals surface area (Å²) in [6.07, 6.45) is 2.05. The van der Waals surface area contributed by atoms with Crippen LogP contribution in [-0.2, 0) is 6.42 Å². The van der Waals surface area contributed by atoms with Gasteiger partial charge < -0.3 is 11.1 Å². The van der Waals surface area contributed by atoms with Gasteiger partial charge in [-0.25, -0.2) is 4.98 Å². The molecule has 0 aliphatic rings. The molecule has 0 fully saturated rings. The molecule has 0 saturated heterocycles. The van der Waals surface area contributed by atoms with Crippen LogP contribution in [0.4, 0.5) is 5.13 Å². The molecule has 1 aromatic rings. The standard InChI is InChI=1S/C12H23N3S/c1-5-10-7-16-11(14-10)15-12(4,8-13)6-9(2)3/h7,9H,5-6,8,13H2,1-4H3,(H,14,15). The molecule has 1 atom stereocenters. The third-order valence-electron chi connectivity index (χ3n) is 2.63. The second-order valence-electron chi connectivity index (χ2n) is 4.99. The molecule has 1 aromatic heterocycles. The van der Waals surface area contributed by atoms with Crippen molar-refractivity contribution in [3.05, 3.63) is 11.1 Å². The molecule has 0 bridgehead atoms. The van der Waals surface area contributed by atoms with Crippen molar-refractivity contribution in [2.75, 3.05) is 11.9 Å². The quantitative estimate of drug-likeness (QED) is 0.805. The van der Waals surface area contributed by atoms with Gasteiger partial charge in [0, 0.05) is 17.5 Å². The molecular formula is C12H23N3S. The van der Waals surface area contributed by atoms with Crippen molar-refractivity contribution < 1.29 is 0 Å². The first-order valence-corrected chi connectivity index (χ1v) is 6.79. The van der Waals surface area contributed by atoms with Crippen molar-refractivity contribution in [1.29, 1.82) is 0 Å². The minimum absolute atomic E-state index is 0.0446. The van der Waals surface area contributed by atoms with Crippen molar-refractivity contribution in [2.24, 2.45) is 11.7 Å². The summed E-state index contributed by atoms with van der Waals surface area (Å²) in [6, 6.07) is 0. The summed E-state index contributed by atoms with van der Waals surface area (Å²) in [5.41, 5.74) is 6.96. The maximum atomic E-state index is 5.86. The van der Waals surface area contributed by atoms with Gasteiger partial charge in [-0.3, -0.25) is 0 Å². The number of hydrogen-bond acceptors (Lipinski definition) is 4. The molecule has 3 nitrogen and oxygen atoms in total. The number of aromatic nitrogens is 1. The van der Waals surface area contributed by atoms with Crippen LogP contribution in [0.1, 0.15) is 39.8 Å². The molecular weight excluding hydrogens is 218 g/mol. The average molecular weight is 241 g/mol. The van der Waals surface area contributed by atoms with Gasteiger partial charge in [0.25, 0.3) is 0 Å². The second kappa shape index (κ2) is 5.64. The highest BCUT2D eigenvalue weighted by molar-refractivity contribution is 7.13. The number of nitrogens with one attached hydrogen (secondary N) is 1. The van der Waals surface area contributed by atoms with E-state index in [1.54, 1.807) is 11.3 Å². The summed E-state index contributed by atoms with van der Waals surface area (Å²) in [5, 5.41) is 6.57. The van der Waals surface area contributed by atoms with Gasteiger partial charge in [0.05, 0.1) is 5.69 Å². The first-order chi connectivity index (χ1) is 7.49. The molecule has 0 aromatic carbocycles. The molecule has 0 saturated carbocycles. The Balaban J connectivity index is 2.68. The van der Waals surface area contributed by atoms with Crippen LogP contribution in [0.25, 0.3) is 0 Å². The lowest BCUT2D eigenvalue weighted by Crippen LogP contribution is -2.43. The summed E-state index contributed by atoms with van der Waals surface area (Å²) in [4.78, 5) is 4.52. The molecule has 92 valence electrons. The molecule has 16 heavy (non-hydrogen) atoms. The Labute approximate surface area is 102 Å². The Bertz CT molecular complexity index is 322. The van der Waals surface area contributed by atoms with E-state index in [0.717, 1.165) is 23.7 Å². The van der Waals surface area contributed by atoms with E-state index in [1.165, 1.54) is 0 Å². The number of thiazole rings is 1. The van der Waals surface area contributed by atoms with Crippen molar-refractivity contribution >= 4 is 16.5 Å². The van der Waals surface area contributed by atoms with Gasteiger partial charge in [0.1, 0.15) is 0 Å². The maximum Gasteiger partial charge on any atom is 0.183 e. The number of nitrogens with two attached hydrogens (primary N) is 1. The molecule has 1 heterocycles. The van der Waals surface area contributed by atoms with Crippen LogP contribution in [-0.4, -0.2) is 17.1 Å². The summed E-state index contributed by atoms with van der Waals surface area (Å²) >= 11 is 1.67. The van der Waals surface area contributed by atoms with E-state index < -0.39 is 0 Å². The largest absolute Gasteiger partial charge is 0.355 e. The van der Waals surface area contributed by atoms with Crippen molar-refractivity contribution in [3.8, 4) is 0 Å². The molecule has 0 aliphatic carbocycles. The highest BCUT2D eigenvalue weighted by Gasteiger charge is 2.24. The molecule has 0 spiro atoms. The van der Waals surface area contributed by atoms with Gasteiger partial charge in [-0.05, 0) is 25.7 Å². The van der Waals surface area contributed by atoms with Crippen molar-refractivity contribution in [1.82, 2.24) is 4.98 Å². The number of rotatable bonds is 6. The zero-order valence-electron chi connectivity index (χ0n) is 10.7. The summed E-state index contributed by atoms with van der Waals surface area (Å²) in [5.74, 6) is 0.631. The fraction of sp³-hybridized carbons (Fsp3) is 0.750. The molecule has 0 aliphatic heterocycles. The van der Waals surface area contributed by atoms with Crippen molar-refractivity contribution in [2.45, 2.75) is 46.1 Å². The fourth-order valence-corrected chi connectivity index (χ4v) is 2.81. The lowest BCUT2D eigenvalue weighted by atomic mass is 9.91. The molecule has 1 unspecified atom stereocenters. The zero-order chi connectivity index (χ0) is 12.2. The smallest absolute Gasteiger partial charge is 0.183 e. The monoisotopic (exact) mass is 241 g/mol. The van der Waals surface area contributed by atoms with E-state index >= 15 is 0 Å². The average Bonchev–Trinajstić information content (AvgIpc) is 2.64. The highest BCUT2D eigenvalue weighted by Crippen LogP contribution is 2.24. The zero-order valence-corrected chi connectivity index (χ0v) is 11.5. The molecule has 0 radical (unpaired) electrons. The second-order valence-corrected chi connectivity index (χ2v) is 5.84. The summed E-state index contributed by atoms with van der Waals surface area (Å²) in [7, 11) is 0. The predicted octanol–water partition coefficient (Wildman–Crippen LogP) is 2.88. The SMILES string of the molecule is CCc1csc(NC(C)(CN)CC(C)C)n1. The van der Waals surface area contributed by atoms with Gasteiger partial charge in [-0.1, -0.05) is 20.8 Å². The van der Waals surface area contributed by atoms with Gasteiger partial charge >= 0.3 is 0 Å². The minimum atomic E-state index is -0.0446. The maximum absolute atomic E-state index is 5.86. The van der Waals surface area contributed by atoms with Crippen LogP contribution in [0.3, 0.4) is 0 Å². The molecule has 1 rings (SSSR count). The van der Waals surface area contributed by atoms with Gasteiger partial charge in [0.15, 0.2) is 5.13 Å². The van der Waals surface area contributed by atoms with Crippen molar-refractivity contribution in [3.63, 3.8) is 0 Å². The summed E-state index contributed by atoms with van der Waals surface area (Å²) in [6.45, 7) is 9.35. The van der Waals surface area contributed by atoms with E-state index in [-0.39, 0.29) is 5.54 Å². The van der Waals surface area contributed by atoms with Gasteiger partial charge in [-0.2, -0.15) is 0 Å². The lowest BCUT2D eigenvalue weighted by molar-refractivity contribution is 0.407. The van der Waals surface area contributed by atoms with E-state index in [9.17, 15) is 0 Å². The van der Waals surface area contributed by atoms with Crippen LogP contribution in [0.5, 0.6) is 0 Å². The lowest BCUT2D eigenvalue weighted by Gasteiger charge is -2.30. The normalized spacial score (nSPS) is 15.1. The predicted molar refractivity (Wildman–Crippen MR) is 72.0 cm³/mol. The van der Waals surface area contributed by atoms with Gasteiger partial charge in [-0.15, -0.1) is 11.3 Å². The molecule has 0 amide bonds. The fourth-order valence-electron chi connectivity index (χ4n) is 1.87. The van der Waals surface area contributed by atoms with Crippen LogP contribution < -0.4 is 11.1 Å². The first kappa shape index (κ1) is 13.5. The van der Waals surface area contributed by atoms with Crippen LogP contribution in [0, 0.1) is 5.92 Å². The Morgan fingerprint density at radius 2 is 2.25 bits per heavy atom. The number of hydrogen-bond donors (Lipinski definition) is 2. The van der Waals surface area contributed by atoms with E-state index in [0.29, 0.717) is 12.5 Å². The van der Waals surface area contributed by atoms with Gasteiger partial charge in [0.2, 0.25) is 0 Å². The van der Waals surface area contributed by atoms with Crippen LogP contribution in [0.15, 0.2) is 5.38 Å². The Hall–Kier alpha value is -0.610.